The van der Waals surface area contributed by atoms with Gasteiger partial charge in [-0.3, -0.25) is 5.43 Å². The smallest absolute Gasteiger partial charge is 0.180 e. The minimum absolute atomic E-state index is 0.675. The lowest BCUT2D eigenvalue weighted by atomic mass is 10.2. The van der Waals surface area contributed by atoms with Crippen molar-refractivity contribution in [1.82, 2.24) is 16.2 Å². The first-order valence-corrected chi connectivity index (χ1v) is 4.92. The fraction of sp³-hybridized carbons (Fsp3) is 0.875. The van der Waals surface area contributed by atoms with Crippen LogP contribution in [0.1, 0.15) is 32.6 Å². The molecule has 0 fully saturated rings. The van der Waals surface area contributed by atoms with E-state index in [2.05, 4.69) is 23.1 Å². The summed E-state index contributed by atoms with van der Waals surface area (Å²) < 4.78 is 0. The highest BCUT2D eigenvalue weighted by atomic mass is 32.1. The number of hydrogen-bond donors (Lipinski definition) is 3. The number of hydrazine groups is 1. The molecule has 0 aliphatic heterocycles. The van der Waals surface area contributed by atoms with E-state index in [1.807, 2.05) is 0 Å². The van der Waals surface area contributed by atoms with Gasteiger partial charge < -0.3 is 5.32 Å². The van der Waals surface area contributed by atoms with E-state index in [-0.39, 0.29) is 0 Å². The van der Waals surface area contributed by atoms with E-state index in [9.17, 15) is 0 Å². The summed E-state index contributed by atoms with van der Waals surface area (Å²) >= 11 is 4.95. The van der Waals surface area contributed by atoms with Gasteiger partial charge in [-0.2, -0.15) is 0 Å². The quantitative estimate of drug-likeness (QED) is 0.333. The zero-order valence-corrected chi connectivity index (χ0v) is 8.76. The summed E-state index contributed by atoms with van der Waals surface area (Å²) in [7, 11) is 1.80. The average Bonchev–Trinajstić information content (AvgIpc) is 2.05. The molecule has 0 saturated carbocycles. The molecule has 0 aliphatic rings. The zero-order valence-electron chi connectivity index (χ0n) is 7.94. The van der Waals surface area contributed by atoms with Crippen molar-refractivity contribution < 1.29 is 0 Å². The maximum atomic E-state index is 4.95. The molecule has 3 nitrogen and oxygen atoms in total. The highest BCUT2D eigenvalue weighted by molar-refractivity contribution is 7.80. The highest BCUT2D eigenvalue weighted by Gasteiger charge is 1.91. The van der Waals surface area contributed by atoms with E-state index < -0.39 is 0 Å². The van der Waals surface area contributed by atoms with Gasteiger partial charge in [0.15, 0.2) is 5.11 Å². The molecule has 3 N–H and O–H groups in total. The summed E-state index contributed by atoms with van der Waals surface area (Å²) in [4.78, 5) is 0. The second-order valence-electron chi connectivity index (χ2n) is 2.69. The summed E-state index contributed by atoms with van der Waals surface area (Å²) in [6, 6.07) is 0. The topological polar surface area (TPSA) is 36.1 Å². The van der Waals surface area contributed by atoms with E-state index in [1.54, 1.807) is 7.05 Å². The summed E-state index contributed by atoms with van der Waals surface area (Å²) in [5.74, 6) is 0. The Kier molecular flexibility index (Phi) is 8.49. The lowest BCUT2D eigenvalue weighted by Gasteiger charge is -2.08. The molecular formula is C8H19N3S. The van der Waals surface area contributed by atoms with E-state index >= 15 is 0 Å². The van der Waals surface area contributed by atoms with E-state index in [0.717, 1.165) is 6.54 Å². The number of rotatable bonds is 6. The van der Waals surface area contributed by atoms with Crippen LogP contribution in [-0.4, -0.2) is 18.7 Å². The van der Waals surface area contributed by atoms with Crippen molar-refractivity contribution in [2.75, 3.05) is 13.6 Å². The van der Waals surface area contributed by atoms with Crippen LogP contribution < -0.4 is 16.2 Å². The van der Waals surface area contributed by atoms with Gasteiger partial charge in [0.2, 0.25) is 0 Å². The van der Waals surface area contributed by atoms with Crippen LogP contribution >= 0.6 is 12.2 Å². The van der Waals surface area contributed by atoms with Gasteiger partial charge in [0, 0.05) is 13.6 Å². The largest absolute Gasteiger partial charge is 0.362 e. The Morgan fingerprint density at radius 2 is 2.00 bits per heavy atom. The zero-order chi connectivity index (χ0) is 9.23. The van der Waals surface area contributed by atoms with Gasteiger partial charge in [-0.25, -0.2) is 5.43 Å². The molecule has 12 heavy (non-hydrogen) atoms. The molecule has 0 bridgehead atoms. The lowest BCUT2D eigenvalue weighted by Crippen LogP contribution is -2.42. The van der Waals surface area contributed by atoms with Crippen LogP contribution in [0.25, 0.3) is 0 Å². The Hall–Kier alpha value is -0.350. The van der Waals surface area contributed by atoms with Crippen molar-refractivity contribution in [3.05, 3.63) is 0 Å². The van der Waals surface area contributed by atoms with Crippen molar-refractivity contribution in [2.24, 2.45) is 0 Å². The molecule has 0 aliphatic carbocycles. The molecule has 0 aromatic heterocycles. The minimum atomic E-state index is 0.675. The Morgan fingerprint density at radius 1 is 1.25 bits per heavy atom. The minimum Gasteiger partial charge on any atom is -0.362 e. The van der Waals surface area contributed by atoms with Gasteiger partial charge in [0.05, 0.1) is 0 Å². The van der Waals surface area contributed by atoms with E-state index in [1.165, 1.54) is 25.7 Å². The van der Waals surface area contributed by atoms with Crippen molar-refractivity contribution in [1.29, 1.82) is 0 Å². The summed E-state index contributed by atoms with van der Waals surface area (Å²) in [5.41, 5.74) is 5.57. The summed E-state index contributed by atoms with van der Waals surface area (Å²) in [6.07, 6.45) is 5.07. The fourth-order valence-corrected chi connectivity index (χ4v) is 1.12. The molecule has 0 saturated heterocycles. The number of nitrogens with one attached hydrogen (secondary N) is 3. The van der Waals surface area contributed by atoms with Gasteiger partial charge in [-0.1, -0.05) is 26.2 Å². The third kappa shape index (κ3) is 7.75. The van der Waals surface area contributed by atoms with Crippen LogP contribution in [0, 0.1) is 0 Å². The van der Waals surface area contributed by atoms with Crippen molar-refractivity contribution >= 4 is 17.3 Å². The van der Waals surface area contributed by atoms with Crippen LogP contribution in [0.3, 0.4) is 0 Å². The van der Waals surface area contributed by atoms with Crippen LogP contribution in [0.4, 0.5) is 0 Å². The van der Waals surface area contributed by atoms with Gasteiger partial charge >= 0.3 is 0 Å². The van der Waals surface area contributed by atoms with E-state index in [4.69, 9.17) is 12.2 Å². The molecule has 0 rings (SSSR count). The molecule has 0 aromatic rings. The standard InChI is InChI=1S/C8H19N3S/c1-3-4-5-6-7-10-8(12)11-9-2/h9H,3-7H2,1-2H3,(H2,10,11,12). The first-order valence-electron chi connectivity index (χ1n) is 4.51. The van der Waals surface area contributed by atoms with Crippen LogP contribution in [0.15, 0.2) is 0 Å². The molecule has 0 unspecified atom stereocenters. The van der Waals surface area contributed by atoms with Crippen LogP contribution in [-0.2, 0) is 0 Å². The van der Waals surface area contributed by atoms with Crippen molar-refractivity contribution in [2.45, 2.75) is 32.6 Å². The Morgan fingerprint density at radius 3 is 2.58 bits per heavy atom. The molecule has 0 atom stereocenters. The average molecular weight is 189 g/mol. The first kappa shape index (κ1) is 11.6. The third-order valence-electron chi connectivity index (χ3n) is 1.55. The summed E-state index contributed by atoms with van der Waals surface area (Å²) in [5, 5.41) is 3.78. The Labute approximate surface area is 80.3 Å². The van der Waals surface area contributed by atoms with Crippen molar-refractivity contribution in [3.63, 3.8) is 0 Å². The lowest BCUT2D eigenvalue weighted by molar-refractivity contribution is 0.644. The van der Waals surface area contributed by atoms with Crippen LogP contribution in [0.2, 0.25) is 0 Å². The second-order valence-corrected chi connectivity index (χ2v) is 3.10. The second kappa shape index (κ2) is 8.74. The van der Waals surface area contributed by atoms with Gasteiger partial charge in [-0.05, 0) is 18.6 Å². The van der Waals surface area contributed by atoms with E-state index in [0.29, 0.717) is 5.11 Å². The number of hydrogen-bond acceptors (Lipinski definition) is 2. The monoisotopic (exact) mass is 189 g/mol. The van der Waals surface area contributed by atoms with Gasteiger partial charge in [-0.15, -0.1) is 0 Å². The van der Waals surface area contributed by atoms with Crippen molar-refractivity contribution in [3.8, 4) is 0 Å². The molecule has 0 spiro atoms. The third-order valence-corrected chi connectivity index (χ3v) is 1.80. The predicted octanol–water partition coefficient (Wildman–Crippen LogP) is 1.17. The SMILES string of the molecule is CCCCCCNC(=S)NNC. The van der Waals surface area contributed by atoms with Crippen LogP contribution in [0.5, 0.6) is 0 Å². The maximum Gasteiger partial charge on any atom is 0.180 e. The Balaban J connectivity index is 3.03. The first-order chi connectivity index (χ1) is 5.81. The molecule has 0 heterocycles. The number of thiocarbonyl (C=S) groups is 1. The molecule has 0 radical (unpaired) electrons. The number of unbranched alkanes of at least 4 members (excludes halogenated alkanes) is 3. The molecule has 0 amide bonds. The fourth-order valence-electron chi connectivity index (χ4n) is 0.911. The highest BCUT2D eigenvalue weighted by Crippen LogP contribution is 1.96. The summed E-state index contributed by atoms with van der Waals surface area (Å²) in [6.45, 7) is 3.17. The van der Waals surface area contributed by atoms with Gasteiger partial charge in [0.1, 0.15) is 0 Å². The molecule has 0 aromatic carbocycles. The molecule has 4 heteroatoms. The molecular weight excluding hydrogens is 170 g/mol. The normalized spacial score (nSPS) is 9.50. The maximum absolute atomic E-state index is 4.95. The Bertz CT molecular complexity index is 117. The predicted molar refractivity (Wildman–Crippen MR) is 56.9 cm³/mol. The molecule has 72 valence electrons. The van der Waals surface area contributed by atoms with Gasteiger partial charge in [0.25, 0.3) is 0 Å².